The van der Waals surface area contributed by atoms with E-state index in [1.54, 1.807) is 56.5 Å². The van der Waals surface area contributed by atoms with Gasteiger partial charge in [-0.15, -0.1) is 8.80 Å². The molecular weight excluding hydrogens is 733 g/mol. The number of benzene rings is 2. The molecule has 0 amide bonds. The van der Waals surface area contributed by atoms with Crippen LogP contribution in [-0.2, 0) is 29.5 Å². The molecule has 2 aromatic carbocycles. The summed E-state index contributed by atoms with van der Waals surface area (Å²) in [6, 6.07) is 7.97. The summed E-state index contributed by atoms with van der Waals surface area (Å²) in [6.45, 7) is 0. The van der Waals surface area contributed by atoms with Gasteiger partial charge >= 0.3 is 11.9 Å². The molecule has 266 valence electrons. The van der Waals surface area contributed by atoms with E-state index >= 15 is 0 Å². The molecule has 0 atom stereocenters. The van der Waals surface area contributed by atoms with Gasteiger partial charge in [-0.1, -0.05) is 0 Å². The second-order valence-corrected chi connectivity index (χ2v) is 15.2. The van der Waals surface area contributed by atoms with Crippen LogP contribution >= 0.6 is 22.7 Å². The Bertz CT molecular complexity index is 2150. The maximum absolute atomic E-state index is 12.7. The van der Waals surface area contributed by atoms with Gasteiger partial charge in [-0.3, -0.25) is 10.1 Å². The quantitative estimate of drug-likeness (QED) is 0.0558. The zero-order valence-electron chi connectivity index (χ0n) is 27.5. The van der Waals surface area contributed by atoms with Crippen LogP contribution in [0.5, 0.6) is 0 Å². The third-order valence-corrected chi connectivity index (χ3v) is 10.1. The second kappa shape index (κ2) is 16.5. The molecule has 0 aliphatic carbocycles. The first-order valence-corrected chi connectivity index (χ1v) is 18.6. The normalized spacial score (nSPS) is 11.6. The molecule has 0 unspecified atom stereocenters. The lowest BCUT2D eigenvalue weighted by Crippen LogP contribution is -2.12. The number of hydrogen-bond acceptors (Lipinski definition) is 13. The van der Waals surface area contributed by atoms with Gasteiger partial charge in [0.2, 0.25) is 0 Å². The fraction of sp³-hybridized carbons (Fsp3) is 0.200. The number of carbonyl (C=O) groups is 2. The third-order valence-electron chi connectivity index (χ3n) is 6.26. The number of anilines is 1. The van der Waals surface area contributed by atoms with Gasteiger partial charge in [-0.05, 0) is 57.4 Å². The Morgan fingerprint density at radius 2 is 1.20 bits per heavy atom. The number of carbonyl (C=O) groups excluding carboxylic acids is 2. The minimum Gasteiger partial charge on any atom is -0.465 e. The molecule has 0 spiro atoms. The first-order valence-electron chi connectivity index (χ1n) is 13.8. The van der Waals surface area contributed by atoms with Gasteiger partial charge in [-0.2, -0.15) is 39.5 Å². The van der Waals surface area contributed by atoms with E-state index in [4.69, 9.17) is 5.73 Å². The maximum atomic E-state index is 12.7. The molecule has 2 aromatic heterocycles. The van der Waals surface area contributed by atoms with Crippen molar-refractivity contribution < 1.29 is 40.8 Å². The molecule has 0 saturated carbocycles. The monoisotopic (exact) mass is 764 g/mol. The van der Waals surface area contributed by atoms with E-state index in [-0.39, 0.29) is 27.3 Å². The number of hydrogen-bond donors (Lipinski definition) is 1. The fourth-order valence-corrected chi connectivity index (χ4v) is 7.77. The highest BCUT2D eigenvalue weighted by Crippen LogP contribution is 2.39. The summed E-state index contributed by atoms with van der Waals surface area (Å²) in [4.78, 5) is 36.8. The highest BCUT2D eigenvalue weighted by molar-refractivity contribution is 7.90. The van der Waals surface area contributed by atoms with Crippen LogP contribution in [0.2, 0.25) is 0 Å². The van der Waals surface area contributed by atoms with Crippen LogP contribution in [0.4, 0.5) is 11.4 Å². The van der Waals surface area contributed by atoms with Crippen molar-refractivity contribution in [1.82, 2.24) is 9.80 Å². The minimum atomic E-state index is -4.31. The zero-order chi connectivity index (χ0) is 37.4. The van der Waals surface area contributed by atoms with Gasteiger partial charge in [0.15, 0.2) is 0 Å². The van der Waals surface area contributed by atoms with E-state index in [0.717, 1.165) is 25.6 Å². The van der Waals surface area contributed by atoms with E-state index in [0.29, 0.717) is 16.7 Å². The lowest BCUT2D eigenvalue weighted by molar-refractivity contribution is -0.384. The van der Waals surface area contributed by atoms with Gasteiger partial charge < -0.3 is 25.0 Å². The highest BCUT2D eigenvalue weighted by Gasteiger charge is 2.30. The van der Waals surface area contributed by atoms with E-state index in [1.165, 1.54) is 58.1 Å². The summed E-state index contributed by atoms with van der Waals surface area (Å²) in [7, 11) is 0.395. The van der Waals surface area contributed by atoms with Gasteiger partial charge in [0, 0.05) is 51.1 Å². The summed E-state index contributed by atoms with van der Waals surface area (Å²) < 4.78 is 67.0. The summed E-state index contributed by atoms with van der Waals surface area (Å²) in [5, 5.41) is 18.4. The number of ether oxygens (including phenoxy) is 2. The van der Waals surface area contributed by atoms with Crippen molar-refractivity contribution >= 4 is 78.7 Å². The fourth-order valence-electron chi connectivity index (χ4n) is 4.10. The molecule has 2 N–H and O–H groups in total. The number of sulfonamides is 2. The van der Waals surface area contributed by atoms with E-state index in [9.17, 15) is 36.5 Å². The number of methoxy groups -OCH3 is 2. The number of rotatable bonds is 11. The van der Waals surface area contributed by atoms with Crippen molar-refractivity contribution in [3.05, 3.63) is 79.2 Å². The first-order chi connectivity index (χ1) is 23.4. The summed E-state index contributed by atoms with van der Waals surface area (Å²) in [5.41, 5.74) is 6.65. The summed E-state index contributed by atoms with van der Waals surface area (Å²) >= 11 is 2.66. The van der Waals surface area contributed by atoms with E-state index in [1.807, 2.05) is 5.38 Å². The number of nitro benzene ring substituents is 1. The first kappa shape index (κ1) is 39.3. The van der Waals surface area contributed by atoms with Gasteiger partial charge in [0.1, 0.15) is 22.5 Å². The standard InChI is InChI=1S/C15H15N3O6S2.C15H17N3O4S2/c1-17(2)9-16-26(22,23)13-7-11(15(19)24-3)6-12(18(20)21)14(13)10-4-5-25-8-10;1-18(2)9-17-24(20,21)13-7-11(15(19)22-3)6-12(16)14(13)10-4-5-23-8-10/h4-9H,1-3H3;4-9H,16H2,1-3H3. The van der Waals surface area contributed by atoms with E-state index < -0.39 is 47.5 Å². The lowest BCUT2D eigenvalue weighted by Gasteiger charge is -2.12. The average molecular weight is 765 g/mol. The number of thiophene rings is 2. The van der Waals surface area contributed by atoms with Gasteiger partial charge in [-0.25, -0.2) is 9.59 Å². The summed E-state index contributed by atoms with van der Waals surface area (Å²) in [6.07, 6.45) is 2.23. The average Bonchev–Trinajstić information content (AvgIpc) is 3.80. The van der Waals surface area contributed by atoms with E-state index in [2.05, 4.69) is 18.3 Å². The molecule has 4 aromatic rings. The third kappa shape index (κ3) is 9.49. The second-order valence-electron chi connectivity index (χ2n) is 10.4. The van der Waals surface area contributed by atoms with Crippen LogP contribution in [0.15, 0.2) is 76.5 Å². The Morgan fingerprint density at radius 3 is 1.58 bits per heavy atom. The van der Waals surface area contributed by atoms with Crippen molar-refractivity contribution in [3.63, 3.8) is 0 Å². The van der Waals surface area contributed by atoms with Crippen molar-refractivity contribution in [1.29, 1.82) is 0 Å². The Morgan fingerprint density at radius 1 is 0.780 bits per heavy atom. The number of esters is 2. The lowest BCUT2D eigenvalue weighted by atomic mass is 10.0. The Kier molecular flexibility index (Phi) is 12.9. The van der Waals surface area contributed by atoms with Crippen LogP contribution < -0.4 is 5.73 Å². The molecule has 16 nitrogen and oxygen atoms in total. The zero-order valence-corrected chi connectivity index (χ0v) is 30.7. The van der Waals surface area contributed by atoms with Crippen LogP contribution in [0, 0.1) is 10.1 Å². The van der Waals surface area contributed by atoms with Crippen LogP contribution in [-0.4, -0.2) is 98.6 Å². The Labute approximate surface area is 296 Å². The predicted molar refractivity (Wildman–Crippen MR) is 192 cm³/mol. The number of nitrogens with zero attached hydrogens (tertiary/aromatic N) is 5. The molecular formula is C30H32N6O10S4. The van der Waals surface area contributed by atoms with Crippen molar-refractivity contribution in [2.75, 3.05) is 48.1 Å². The number of nitrogens with two attached hydrogens (primary N) is 1. The van der Waals surface area contributed by atoms with Crippen LogP contribution in [0.25, 0.3) is 22.3 Å². The smallest absolute Gasteiger partial charge is 0.338 e. The molecule has 0 radical (unpaired) electrons. The molecule has 2 heterocycles. The molecule has 50 heavy (non-hydrogen) atoms. The SMILES string of the molecule is COC(=O)c1cc(N)c(-c2ccsc2)c(S(=O)(=O)N=CN(C)C)c1.COC(=O)c1cc([N+](=O)[O-])c(-c2ccsc2)c(S(=O)(=O)N=CN(C)C)c1. The number of nitro groups is 1. The maximum Gasteiger partial charge on any atom is 0.338 e. The van der Waals surface area contributed by atoms with Gasteiger partial charge in [0.05, 0.1) is 35.8 Å². The van der Waals surface area contributed by atoms with Gasteiger partial charge in [0.25, 0.3) is 25.7 Å². The molecule has 0 saturated heterocycles. The number of nitrogen functional groups attached to an aromatic ring is 1. The molecule has 0 fully saturated rings. The highest BCUT2D eigenvalue weighted by atomic mass is 32.2. The Hall–Kier alpha value is -5.18. The van der Waals surface area contributed by atoms with Crippen LogP contribution in [0.1, 0.15) is 20.7 Å². The molecule has 0 aliphatic heterocycles. The molecule has 20 heteroatoms. The molecule has 0 bridgehead atoms. The molecule has 0 aliphatic rings. The largest absolute Gasteiger partial charge is 0.465 e. The van der Waals surface area contributed by atoms with Crippen molar-refractivity contribution in [2.45, 2.75) is 9.79 Å². The molecule has 4 rings (SSSR count). The summed E-state index contributed by atoms with van der Waals surface area (Å²) in [5.74, 6) is -1.57. The predicted octanol–water partition coefficient (Wildman–Crippen LogP) is 4.45. The topological polar surface area (TPSA) is 221 Å². The van der Waals surface area contributed by atoms with Crippen LogP contribution in [0.3, 0.4) is 0 Å². The van der Waals surface area contributed by atoms with Crippen molar-refractivity contribution in [2.24, 2.45) is 8.80 Å². The Balaban J connectivity index is 0.000000271. The van der Waals surface area contributed by atoms with Crippen molar-refractivity contribution in [3.8, 4) is 22.3 Å². The minimum absolute atomic E-state index is 0.0487.